The average Bonchev–Trinajstić information content (AvgIpc) is 2.55. The van der Waals surface area contributed by atoms with Crippen LogP contribution in [0, 0.1) is 0 Å². The standard InChI is InChI=1S/C15H9F3N4O/c16-15(17,18)11-5-12(9-1-3-19-21-7-9)14(13(23)6-11)10-2-4-20-22-8-10/h1-8,23H. The second kappa shape index (κ2) is 5.64. The normalized spacial score (nSPS) is 11.4. The summed E-state index contributed by atoms with van der Waals surface area (Å²) in [5.74, 6) is -0.500. The summed E-state index contributed by atoms with van der Waals surface area (Å²) >= 11 is 0. The van der Waals surface area contributed by atoms with Crippen LogP contribution in [0.5, 0.6) is 5.75 Å². The van der Waals surface area contributed by atoms with Gasteiger partial charge in [0.15, 0.2) is 0 Å². The van der Waals surface area contributed by atoms with Crippen molar-refractivity contribution in [3.8, 4) is 28.0 Å². The van der Waals surface area contributed by atoms with Crippen molar-refractivity contribution in [3.63, 3.8) is 0 Å². The summed E-state index contributed by atoms with van der Waals surface area (Å²) in [5, 5.41) is 24.8. The van der Waals surface area contributed by atoms with Gasteiger partial charge in [0.05, 0.1) is 30.4 Å². The largest absolute Gasteiger partial charge is 0.507 e. The predicted octanol–water partition coefficient (Wildman–Crippen LogP) is 3.33. The van der Waals surface area contributed by atoms with E-state index in [4.69, 9.17) is 0 Å². The highest BCUT2D eigenvalue weighted by Crippen LogP contribution is 2.42. The maximum atomic E-state index is 13.0. The Morgan fingerprint density at radius 3 is 1.96 bits per heavy atom. The molecule has 0 fully saturated rings. The molecule has 0 aliphatic carbocycles. The third-order valence-corrected chi connectivity index (χ3v) is 3.21. The molecule has 1 N–H and O–H groups in total. The minimum absolute atomic E-state index is 0.181. The van der Waals surface area contributed by atoms with Crippen molar-refractivity contribution in [3.05, 3.63) is 54.6 Å². The number of rotatable bonds is 2. The van der Waals surface area contributed by atoms with E-state index in [9.17, 15) is 18.3 Å². The molecule has 2 heterocycles. The molecule has 2 aromatic heterocycles. The first-order valence-electron chi connectivity index (χ1n) is 6.45. The van der Waals surface area contributed by atoms with Crippen LogP contribution in [0.3, 0.4) is 0 Å². The maximum absolute atomic E-state index is 13.0. The summed E-state index contributed by atoms with van der Waals surface area (Å²) in [7, 11) is 0. The SMILES string of the molecule is Oc1cc(C(F)(F)F)cc(-c2ccnnc2)c1-c1ccnnc1. The number of halogens is 3. The van der Waals surface area contributed by atoms with Crippen LogP contribution in [0.4, 0.5) is 13.2 Å². The zero-order chi connectivity index (χ0) is 16.4. The molecular formula is C15H9F3N4O. The monoisotopic (exact) mass is 318 g/mol. The molecule has 0 spiro atoms. The van der Waals surface area contributed by atoms with Gasteiger partial charge in [0.25, 0.3) is 0 Å². The molecule has 1 aromatic carbocycles. The van der Waals surface area contributed by atoms with E-state index in [0.29, 0.717) is 17.2 Å². The lowest BCUT2D eigenvalue weighted by Crippen LogP contribution is -2.05. The number of hydrogen-bond donors (Lipinski definition) is 1. The van der Waals surface area contributed by atoms with Crippen molar-refractivity contribution in [2.75, 3.05) is 0 Å². The molecule has 8 heteroatoms. The highest BCUT2D eigenvalue weighted by Gasteiger charge is 2.32. The molecule has 23 heavy (non-hydrogen) atoms. The van der Waals surface area contributed by atoms with E-state index in [1.54, 1.807) is 6.07 Å². The van der Waals surface area contributed by atoms with Crippen molar-refractivity contribution in [1.82, 2.24) is 20.4 Å². The molecule has 0 saturated carbocycles. The van der Waals surface area contributed by atoms with Gasteiger partial charge in [-0.2, -0.15) is 33.6 Å². The second-order valence-electron chi connectivity index (χ2n) is 4.68. The van der Waals surface area contributed by atoms with Crippen molar-refractivity contribution in [2.45, 2.75) is 6.18 Å². The minimum Gasteiger partial charge on any atom is -0.507 e. The Kier molecular flexibility index (Phi) is 3.65. The number of phenols is 1. The summed E-state index contributed by atoms with van der Waals surface area (Å²) in [4.78, 5) is 0. The van der Waals surface area contributed by atoms with Crippen LogP contribution in [0.1, 0.15) is 5.56 Å². The van der Waals surface area contributed by atoms with E-state index in [1.807, 2.05) is 0 Å². The van der Waals surface area contributed by atoms with Crippen LogP contribution >= 0.6 is 0 Å². The zero-order valence-corrected chi connectivity index (χ0v) is 11.5. The molecule has 3 aromatic rings. The summed E-state index contributed by atoms with van der Waals surface area (Å²) < 4.78 is 39.1. The number of hydrogen-bond acceptors (Lipinski definition) is 5. The Hall–Kier alpha value is -3.03. The lowest BCUT2D eigenvalue weighted by molar-refractivity contribution is -0.137. The van der Waals surface area contributed by atoms with E-state index in [0.717, 1.165) is 6.07 Å². The van der Waals surface area contributed by atoms with Crippen LogP contribution in [-0.2, 0) is 6.18 Å². The van der Waals surface area contributed by atoms with Gasteiger partial charge in [0.1, 0.15) is 5.75 Å². The molecule has 0 bridgehead atoms. The van der Waals surface area contributed by atoms with Gasteiger partial charge in [-0.1, -0.05) is 0 Å². The summed E-state index contributed by atoms with van der Waals surface area (Å²) in [6.45, 7) is 0. The van der Waals surface area contributed by atoms with Crippen LogP contribution in [-0.4, -0.2) is 25.5 Å². The van der Waals surface area contributed by atoms with Gasteiger partial charge in [-0.15, -0.1) is 0 Å². The second-order valence-corrected chi connectivity index (χ2v) is 4.68. The Labute approximate surface area is 128 Å². The van der Waals surface area contributed by atoms with Crippen molar-refractivity contribution in [1.29, 1.82) is 0 Å². The number of alkyl halides is 3. The molecular weight excluding hydrogens is 309 g/mol. The third-order valence-electron chi connectivity index (χ3n) is 3.21. The average molecular weight is 318 g/mol. The molecule has 3 rings (SSSR count). The molecule has 0 amide bonds. The van der Waals surface area contributed by atoms with E-state index >= 15 is 0 Å². The molecule has 0 saturated heterocycles. The molecule has 0 radical (unpaired) electrons. The van der Waals surface area contributed by atoms with Gasteiger partial charge in [-0.25, -0.2) is 0 Å². The van der Waals surface area contributed by atoms with Gasteiger partial charge >= 0.3 is 6.18 Å². The highest BCUT2D eigenvalue weighted by atomic mass is 19.4. The molecule has 0 atom stereocenters. The molecule has 5 nitrogen and oxygen atoms in total. The predicted molar refractivity (Wildman–Crippen MR) is 75.2 cm³/mol. The van der Waals surface area contributed by atoms with Crippen LogP contribution < -0.4 is 0 Å². The molecule has 0 unspecified atom stereocenters. The lowest BCUT2D eigenvalue weighted by atomic mass is 9.93. The Morgan fingerprint density at radius 1 is 0.826 bits per heavy atom. The first-order valence-corrected chi connectivity index (χ1v) is 6.45. The highest BCUT2D eigenvalue weighted by molar-refractivity contribution is 5.87. The minimum atomic E-state index is -4.58. The fourth-order valence-corrected chi connectivity index (χ4v) is 2.21. The lowest BCUT2D eigenvalue weighted by Gasteiger charge is -2.15. The summed E-state index contributed by atoms with van der Waals surface area (Å²) in [5.41, 5.74) is 0.292. The first-order chi connectivity index (χ1) is 11.0. The van der Waals surface area contributed by atoms with Gasteiger partial charge < -0.3 is 5.11 Å². The zero-order valence-electron chi connectivity index (χ0n) is 11.5. The Balaban J connectivity index is 2.31. The Bertz CT molecular complexity index is 823. The van der Waals surface area contributed by atoms with Crippen molar-refractivity contribution < 1.29 is 18.3 Å². The maximum Gasteiger partial charge on any atom is 0.416 e. The topological polar surface area (TPSA) is 71.8 Å². The van der Waals surface area contributed by atoms with Gasteiger partial charge in [0.2, 0.25) is 0 Å². The smallest absolute Gasteiger partial charge is 0.416 e. The van der Waals surface area contributed by atoms with E-state index in [-0.39, 0.29) is 11.1 Å². The summed E-state index contributed by atoms with van der Waals surface area (Å²) in [6.07, 6.45) is 0.859. The molecule has 0 aliphatic heterocycles. The number of phenolic OH excluding ortho intramolecular Hbond substituents is 1. The van der Waals surface area contributed by atoms with Crippen LogP contribution in [0.2, 0.25) is 0 Å². The van der Waals surface area contributed by atoms with Crippen molar-refractivity contribution in [2.24, 2.45) is 0 Å². The number of nitrogens with zero attached hydrogens (tertiary/aromatic N) is 4. The quantitative estimate of drug-likeness (QED) is 0.785. The number of benzene rings is 1. The van der Waals surface area contributed by atoms with Gasteiger partial charge in [0, 0.05) is 16.7 Å². The molecule has 116 valence electrons. The third kappa shape index (κ3) is 2.96. The van der Waals surface area contributed by atoms with Gasteiger partial charge in [-0.05, 0) is 29.8 Å². The van der Waals surface area contributed by atoms with Crippen LogP contribution in [0.25, 0.3) is 22.3 Å². The fraction of sp³-hybridized carbons (Fsp3) is 0.0667. The van der Waals surface area contributed by atoms with E-state index in [2.05, 4.69) is 20.4 Å². The summed E-state index contributed by atoms with van der Waals surface area (Å²) in [6, 6.07) is 4.72. The Morgan fingerprint density at radius 2 is 1.43 bits per heavy atom. The number of aromatic hydroxyl groups is 1. The molecule has 0 aliphatic rings. The van der Waals surface area contributed by atoms with E-state index < -0.39 is 17.5 Å². The first kappa shape index (κ1) is 14.9. The van der Waals surface area contributed by atoms with Crippen molar-refractivity contribution >= 4 is 0 Å². The van der Waals surface area contributed by atoms with Gasteiger partial charge in [-0.3, -0.25) is 0 Å². The fourth-order valence-electron chi connectivity index (χ4n) is 2.21. The van der Waals surface area contributed by atoms with Crippen LogP contribution in [0.15, 0.2) is 49.1 Å². The van der Waals surface area contributed by atoms with E-state index in [1.165, 1.54) is 30.9 Å². The number of aromatic nitrogens is 4.